The van der Waals surface area contributed by atoms with Crippen molar-refractivity contribution in [2.24, 2.45) is 0 Å². The molecule has 0 aliphatic carbocycles. The molecule has 2 aliphatic rings. The first-order chi connectivity index (χ1) is 13.8. The summed E-state index contributed by atoms with van der Waals surface area (Å²) in [6.45, 7) is 4.92. The second-order valence-electron chi connectivity index (χ2n) is 7.57. The highest BCUT2D eigenvalue weighted by Crippen LogP contribution is 2.26. The number of likely N-dealkylation sites (tertiary alicyclic amines) is 1. The van der Waals surface area contributed by atoms with Crippen LogP contribution >= 0.6 is 0 Å². The van der Waals surface area contributed by atoms with Crippen LogP contribution in [0, 0.1) is 0 Å². The molecule has 2 aromatic rings. The van der Waals surface area contributed by atoms with Gasteiger partial charge < -0.3 is 15.5 Å². The van der Waals surface area contributed by atoms with Crippen molar-refractivity contribution in [1.29, 1.82) is 0 Å². The zero-order valence-electron chi connectivity index (χ0n) is 16.2. The molecule has 2 N–H and O–H groups in total. The van der Waals surface area contributed by atoms with E-state index in [-0.39, 0.29) is 12.1 Å². The monoisotopic (exact) mass is 380 g/mol. The van der Waals surface area contributed by atoms with E-state index in [2.05, 4.69) is 42.5 Å². The number of pyridine rings is 2. The van der Waals surface area contributed by atoms with Gasteiger partial charge in [-0.3, -0.25) is 9.88 Å². The Balaban J connectivity index is 1.26. The second kappa shape index (κ2) is 9.01. The molecule has 0 radical (unpaired) electrons. The fourth-order valence-corrected chi connectivity index (χ4v) is 4.00. The Morgan fingerprint density at radius 1 is 1.04 bits per heavy atom. The van der Waals surface area contributed by atoms with Gasteiger partial charge in [-0.05, 0) is 55.5 Å². The molecule has 0 spiro atoms. The van der Waals surface area contributed by atoms with E-state index >= 15 is 0 Å². The topological polar surface area (TPSA) is 73.4 Å². The predicted octanol–water partition coefficient (Wildman–Crippen LogP) is 2.86. The van der Waals surface area contributed by atoms with E-state index in [0.29, 0.717) is 0 Å². The van der Waals surface area contributed by atoms with Crippen LogP contribution in [0.2, 0.25) is 0 Å². The van der Waals surface area contributed by atoms with Crippen molar-refractivity contribution >= 4 is 17.5 Å². The van der Waals surface area contributed by atoms with Gasteiger partial charge in [0.1, 0.15) is 0 Å². The lowest BCUT2D eigenvalue weighted by molar-refractivity contribution is 0.190. The number of hydrogen-bond acceptors (Lipinski definition) is 5. The maximum Gasteiger partial charge on any atom is 0.319 e. The number of carbonyl (C=O) groups excluding carboxylic acids is 1. The maximum atomic E-state index is 12.5. The molecule has 7 nitrogen and oxygen atoms in total. The largest absolute Gasteiger partial charge is 0.355 e. The Kier molecular flexibility index (Phi) is 6.01. The van der Waals surface area contributed by atoms with Gasteiger partial charge in [0.25, 0.3) is 0 Å². The fraction of sp³-hybridized carbons (Fsp3) is 0.476. The number of piperidine rings is 1. The smallest absolute Gasteiger partial charge is 0.319 e. The number of carbonyl (C=O) groups is 1. The molecule has 28 heavy (non-hydrogen) atoms. The van der Waals surface area contributed by atoms with Gasteiger partial charge in [0.15, 0.2) is 5.82 Å². The Labute approximate surface area is 166 Å². The number of urea groups is 1. The van der Waals surface area contributed by atoms with Crippen LogP contribution in [0.15, 0.2) is 42.9 Å². The van der Waals surface area contributed by atoms with Crippen LogP contribution in [0.4, 0.5) is 16.3 Å². The summed E-state index contributed by atoms with van der Waals surface area (Å²) in [4.78, 5) is 25.8. The van der Waals surface area contributed by atoms with Crippen molar-refractivity contribution in [3.63, 3.8) is 0 Å². The number of anilines is 2. The van der Waals surface area contributed by atoms with E-state index in [0.717, 1.165) is 57.1 Å². The van der Waals surface area contributed by atoms with Gasteiger partial charge in [-0.15, -0.1) is 0 Å². The molecular weight excluding hydrogens is 352 g/mol. The molecule has 2 saturated heterocycles. The first-order valence-corrected chi connectivity index (χ1v) is 10.2. The quantitative estimate of drug-likeness (QED) is 0.834. The minimum atomic E-state index is -0.138. The van der Waals surface area contributed by atoms with Crippen molar-refractivity contribution in [3.8, 4) is 0 Å². The van der Waals surface area contributed by atoms with Crippen LogP contribution in [-0.4, -0.2) is 53.1 Å². The first-order valence-electron chi connectivity index (χ1n) is 10.2. The number of hydrogen-bond donors (Lipinski definition) is 2. The first kappa shape index (κ1) is 18.7. The van der Waals surface area contributed by atoms with Gasteiger partial charge in [0.05, 0.1) is 5.69 Å². The summed E-state index contributed by atoms with van der Waals surface area (Å²) >= 11 is 0. The third kappa shape index (κ3) is 4.78. The number of nitrogens with zero attached hydrogens (tertiary/aromatic N) is 4. The van der Waals surface area contributed by atoms with Crippen LogP contribution in [0.3, 0.4) is 0 Å². The van der Waals surface area contributed by atoms with Crippen LogP contribution in [0.25, 0.3) is 0 Å². The van der Waals surface area contributed by atoms with E-state index in [1.165, 1.54) is 18.4 Å². The molecular formula is C21H28N6O. The lowest BCUT2D eigenvalue weighted by atomic mass is 10.0. The molecule has 0 saturated carbocycles. The van der Waals surface area contributed by atoms with Gasteiger partial charge in [-0.25, -0.2) is 9.78 Å². The van der Waals surface area contributed by atoms with Gasteiger partial charge in [0.2, 0.25) is 0 Å². The molecule has 148 valence electrons. The van der Waals surface area contributed by atoms with E-state index < -0.39 is 0 Å². The standard InChI is InChI=1S/C21H28N6O/c28-21(25-19-4-3-9-23-20(19)27-12-1-2-13-27)24-18-7-14-26(15-8-18)16-17-5-10-22-11-6-17/h3-6,9-11,18H,1-2,7-8,12-16H2,(H2,24,25,28). The minimum Gasteiger partial charge on any atom is -0.355 e. The fourth-order valence-electron chi connectivity index (χ4n) is 4.00. The summed E-state index contributed by atoms with van der Waals surface area (Å²) in [5.41, 5.74) is 2.07. The number of nitrogens with one attached hydrogen (secondary N) is 2. The highest BCUT2D eigenvalue weighted by molar-refractivity contribution is 5.92. The molecule has 0 atom stereocenters. The van der Waals surface area contributed by atoms with Crippen LogP contribution in [-0.2, 0) is 6.54 Å². The van der Waals surface area contributed by atoms with Gasteiger partial charge >= 0.3 is 6.03 Å². The molecule has 4 rings (SSSR count). The molecule has 0 aromatic carbocycles. The van der Waals surface area contributed by atoms with Crippen molar-refractivity contribution in [2.75, 3.05) is 36.4 Å². The number of amides is 2. The van der Waals surface area contributed by atoms with E-state index in [1.807, 2.05) is 24.5 Å². The summed E-state index contributed by atoms with van der Waals surface area (Å²) < 4.78 is 0. The summed E-state index contributed by atoms with van der Waals surface area (Å²) in [5, 5.41) is 6.15. The van der Waals surface area contributed by atoms with E-state index in [4.69, 9.17) is 0 Å². The molecule has 7 heteroatoms. The summed E-state index contributed by atoms with van der Waals surface area (Å²) in [6, 6.07) is 7.99. The average molecular weight is 380 g/mol. The van der Waals surface area contributed by atoms with Crippen molar-refractivity contribution in [3.05, 3.63) is 48.4 Å². The maximum absolute atomic E-state index is 12.5. The molecule has 2 aromatic heterocycles. The third-order valence-corrected chi connectivity index (χ3v) is 5.52. The predicted molar refractivity (Wildman–Crippen MR) is 110 cm³/mol. The lowest BCUT2D eigenvalue weighted by Crippen LogP contribution is -2.45. The summed E-state index contributed by atoms with van der Waals surface area (Å²) in [5.74, 6) is 0.877. The molecule has 2 aliphatic heterocycles. The van der Waals surface area contributed by atoms with Gasteiger partial charge in [-0.2, -0.15) is 0 Å². The average Bonchev–Trinajstić information content (AvgIpc) is 3.25. The minimum absolute atomic E-state index is 0.138. The van der Waals surface area contributed by atoms with Crippen molar-refractivity contribution in [2.45, 2.75) is 38.3 Å². The Hall–Kier alpha value is -2.67. The second-order valence-corrected chi connectivity index (χ2v) is 7.57. The molecule has 2 amide bonds. The summed E-state index contributed by atoms with van der Waals surface area (Å²) in [6.07, 6.45) is 9.75. The van der Waals surface area contributed by atoms with Gasteiger partial charge in [0, 0.05) is 57.4 Å². The lowest BCUT2D eigenvalue weighted by Gasteiger charge is -2.32. The molecule has 2 fully saturated rings. The normalized spacial score (nSPS) is 18.2. The van der Waals surface area contributed by atoms with Gasteiger partial charge in [-0.1, -0.05) is 0 Å². The Morgan fingerprint density at radius 3 is 2.54 bits per heavy atom. The van der Waals surface area contributed by atoms with Crippen molar-refractivity contribution < 1.29 is 4.79 Å². The highest BCUT2D eigenvalue weighted by atomic mass is 16.2. The molecule has 4 heterocycles. The SMILES string of the molecule is O=C(Nc1cccnc1N1CCCC1)NC1CCN(Cc2ccncc2)CC1. The number of rotatable bonds is 5. The van der Waals surface area contributed by atoms with E-state index in [9.17, 15) is 4.79 Å². The Bertz CT molecular complexity index is 769. The highest BCUT2D eigenvalue weighted by Gasteiger charge is 2.22. The molecule has 0 unspecified atom stereocenters. The van der Waals surface area contributed by atoms with E-state index in [1.54, 1.807) is 6.20 Å². The van der Waals surface area contributed by atoms with Crippen LogP contribution < -0.4 is 15.5 Å². The Morgan fingerprint density at radius 2 is 1.79 bits per heavy atom. The van der Waals surface area contributed by atoms with Crippen molar-refractivity contribution in [1.82, 2.24) is 20.2 Å². The summed E-state index contributed by atoms with van der Waals surface area (Å²) in [7, 11) is 0. The van der Waals surface area contributed by atoms with Crippen LogP contribution in [0.1, 0.15) is 31.2 Å². The zero-order chi connectivity index (χ0) is 19.2. The number of aromatic nitrogens is 2. The molecule has 0 bridgehead atoms. The third-order valence-electron chi connectivity index (χ3n) is 5.52. The zero-order valence-corrected chi connectivity index (χ0v) is 16.2. The van der Waals surface area contributed by atoms with Crippen LogP contribution in [0.5, 0.6) is 0 Å².